The van der Waals surface area contributed by atoms with Crippen molar-refractivity contribution in [1.82, 2.24) is 0 Å². The van der Waals surface area contributed by atoms with Gasteiger partial charge in [-0.2, -0.15) is 0 Å². The Morgan fingerprint density at radius 3 is 2.40 bits per heavy atom. The van der Waals surface area contributed by atoms with E-state index in [1.807, 2.05) is 12.2 Å². The minimum atomic E-state index is -0.332. The first kappa shape index (κ1) is 12.1. The van der Waals surface area contributed by atoms with Crippen molar-refractivity contribution in [2.75, 3.05) is 6.54 Å². The second kappa shape index (κ2) is 5.21. The van der Waals surface area contributed by atoms with Gasteiger partial charge in [0.1, 0.15) is 0 Å². The molecule has 0 aliphatic carbocycles. The lowest BCUT2D eigenvalue weighted by molar-refractivity contribution is -0.566. The molecular formula is C12H21N2O+. The van der Waals surface area contributed by atoms with Gasteiger partial charge >= 0.3 is 0 Å². The topological polar surface area (TPSA) is 46.1 Å². The van der Waals surface area contributed by atoms with Crippen molar-refractivity contribution < 1.29 is 4.76 Å². The zero-order valence-electron chi connectivity index (χ0n) is 9.32. The molecule has 0 aromatic carbocycles. The van der Waals surface area contributed by atoms with Crippen LogP contribution in [-0.4, -0.2) is 22.9 Å². The predicted molar refractivity (Wildman–Crippen MR) is 62.7 cm³/mol. The fourth-order valence-corrected chi connectivity index (χ4v) is 2.31. The number of nitrogens with zero attached hydrogens (tertiary/aromatic N) is 1. The molecule has 0 amide bonds. The smallest absolute Gasteiger partial charge is 0.203 e. The first-order valence-electron chi connectivity index (χ1n) is 5.56. The van der Waals surface area contributed by atoms with Crippen LogP contribution < -0.4 is 5.73 Å². The third-order valence-electron chi connectivity index (χ3n) is 3.07. The normalized spacial score (nSPS) is 21.7. The second-order valence-corrected chi connectivity index (χ2v) is 4.49. The first-order valence-corrected chi connectivity index (χ1v) is 5.56. The Morgan fingerprint density at radius 1 is 1.40 bits per heavy atom. The summed E-state index contributed by atoms with van der Waals surface area (Å²) in [6.45, 7) is 8.09. The summed E-state index contributed by atoms with van der Waals surface area (Å²) in [6, 6.07) is 0.0925. The standard InChI is InChI=1S/C12H21N2O/c1-3-7-12(13,8-4-2)10-11-6-5-9-14(11)15/h3-4,11H,1-2,5-10,13H2/q+1. The number of rotatable bonds is 6. The van der Waals surface area contributed by atoms with Crippen molar-refractivity contribution in [3.05, 3.63) is 30.2 Å². The summed E-state index contributed by atoms with van der Waals surface area (Å²) in [5.41, 5.74) is 5.92. The van der Waals surface area contributed by atoms with Crippen LogP contribution in [0.3, 0.4) is 0 Å². The van der Waals surface area contributed by atoms with E-state index in [1.165, 1.54) is 4.76 Å². The number of nitrogens with two attached hydrogens (primary N) is 1. The van der Waals surface area contributed by atoms with E-state index >= 15 is 0 Å². The van der Waals surface area contributed by atoms with Crippen LogP contribution in [0.1, 0.15) is 32.1 Å². The van der Waals surface area contributed by atoms with Crippen LogP contribution in [0.15, 0.2) is 25.3 Å². The van der Waals surface area contributed by atoms with Crippen LogP contribution in [0.5, 0.6) is 0 Å². The first-order chi connectivity index (χ1) is 7.11. The number of hydrogen-bond donors (Lipinski definition) is 1. The molecule has 2 N–H and O–H groups in total. The summed E-state index contributed by atoms with van der Waals surface area (Å²) in [5.74, 6) is 0. The minimum Gasteiger partial charge on any atom is -0.324 e. The third kappa shape index (κ3) is 3.27. The summed E-state index contributed by atoms with van der Waals surface area (Å²) < 4.78 is 1.17. The minimum absolute atomic E-state index is 0.0925. The lowest BCUT2D eigenvalue weighted by Gasteiger charge is -2.27. The Kier molecular flexibility index (Phi) is 4.21. The Hall–Kier alpha value is -0.960. The molecule has 1 heterocycles. The molecule has 1 unspecified atom stereocenters. The van der Waals surface area contributed by atoms with Crippen LogP contribution in [-0.2, 0) is 0 Å². The van der Waals surface area contributed by atoms with Crippen LogP contribution in [0.25, 0.3) is 0 Å². The molecule has 15 heavy (non-hydrogen) atoms. The maximum atomic E-state index is 11.5. The molecule has 3 heteroatoms. The molecule has 1 atom stereocenters. The molecule has 1 aliphatic rings. The largest absolute Gasteiger partial charge is 0.324 e. The van der Waals surface area contributed by atoms with E-state index in [0.717, 1.165) is 32.1 Å². The quantitative estimate of drug-likeness (QED) is 0.538. The molecule has 0 aromatic heterocycles. The van der Waals surface area contributed by atoms with Gasteiger partial charge in [-0.1, -0.05) is 12.2 Å². The van der Waals surface area contributed by atoms with E-state index in [9.17, 15) is 4.91 Å². The highest BCUT2D eigenvalue weighted by molar-refractivity contribution is 4.97. The maximum Gasteiger partial charge on any atom is 0.203 e. The van der Waals surface area contributed by atoms with Crippen molar-refractivity contribution in [1.29, 1.82) is 0 Å². The van der Waals surface area contributed by atoms with Gasteiger partial charge in [0.2, 0.25) is 6.04 Å². The van der Waals surface area contributed by atoms with Crippen molar-refractivity contribution in [3.8, 4) is 0 Å². The van der Waals surface area contributed by atoms with E-state index in [0.29, 0.717) is 6.54 Å². The Balaban J connectivity index is 2.60. The van der Waals surface area contributed by atoms with Crippen LogP contribution in [0, 0.1) is 4.91 Å². The monoisotopic (exact) mass is 209 g/mol. The highest BCUT2D eigenvalue weighted by Crippen LogP contribution is 2.26. The van der Waals surface area contributed by atoms with E-state index < -0.39 is 0 Å². The van der Waals surface area contributed by atoms with E-state index in [-0.39, 0.29) is 11.6 Å². The Labute approximate surface area is 91.6 Å². The average molecular weight is 209 g/mol. The van der Waals surface area contributed by atoms with E-state index in [4.69, 9.17) is 5.73 Å². The molecule has 3 nitrogen and oxygen atoms in total. The summed E-state index contributed by atoms with van der Waals surface area (Å²) in [4.78, 5) is 11.5. The van der Waals surface area contributed by atoms with Crippen LogP contribution >= 0.6 is 0 Å². The maximum absolute atomic E-state index is 11.5. The van der Waals surface area contributed by atoms with Gasteiger partial charge in [-0.15, -0.1) is 13.2 Å². The fourth-order valence-electron chi connectivity index (χ4n) is 2.31. The second-order valence-electron chi connectivity index (χ2n) is 4.49. The van der Waals surface area contributed by atoms with E-state index in [1.54, 1.807) is 0 Å². The fraction of sp³-hybridized carbons (Fsp3) is 0.667. The molecule has 0 bridgehead atoms. The molecule has 1 saturated heterocycles. The van der Waals surface area contributed by atoms with Gasteiger partial charge in [-0.25, -0.2) is 0 Å². The lowest BCUT2D eigenvalue weighted by Crippen LogP contribution is -2.43. The van der Waals surface area contributed by atoms with Gasteiger partial charge in [-0.05, 0) is 12.8 Å². The van der Waals surface area contributed by atoms with E-state index in [2.05, 4.69) is 13.2 Å². The molecule has 1 rings (SSSR count). The van der Waals surface area contributed by atoms with Crippen LogP contribution in [0.4, 0.5) is 0 Å². The highest BCUT2D eigenvalue weighted by Gasteiger charge is 2.38. The van der Waals surface area contributed by atoms with Gasteiger partial charge in [0.05, 0.1) is 0 Å². The zero-order valence-corrected chi connectivity index (χ0v) is 9.32. The van der Waals surface area contributed by atoms with Crippen molar-refractivity contribution in [2.24, 2.45) is 5.73 Å². The summed E-state index contributed by atoms with van der Waals surface area (Å²) in [5, 5.41) is 0. The summed E-state index contributed by atoms with van der Waals surface area (Å²) in [6.07, 6.45) is 7.84. The van der Waals surface area contributed by atoms with Gasteiger partial charge in [0.25, 0.3) is 0 Å². The molecule has 0 spiro atoms. The molecule has 1 fully saturated rings. The van der Waals surface area contributed by atoms with Gasteiger partial charge < -0.3 is 5.73 Å². The molecule has 84 valence electrons. The Morgan fingerprint density at radius 2 is 2.00 bits per heavy atom. The van der Waals surface area contributed by atoms with Crippen molar-refractivity contribution in [2.45, 2.75) is 43.7 Å². The van der Waals surface area contributed by atoms with Gasteiger partial charge in [-0.3, -0.25) is 0 Å². The van der Waals surface area contributed by atoms with Crippen molar-refractivity contribution >= 4 is 0 Å². The van der Waals surface area contributed by atoms with Gasteiger partial charge in [0.15, 0.2) is 6.54 Å². The summed E-state index contributed by atoms with van der Waals surface area (Å²) >= 11 is 0. The molecular weight excluding hydrogens is 188 g/mol. The van der Waals surface area contributed by atoms with Gasteiger partial charge in [0, 0.05) is 34.5 Å². The van der Waals surface area contributed by atoms with Crippen LogP contribution in [0.2, 0.25) is 0 Å². The molecule has 1 aliphatic heterocycles. The molecule has 0 radical (unpaired) electrons. The zero-order chi connectivity index (χ0) is 11.3. The SMILES string of the molecule is C=CCC(N)(CC=C)CC1CCC[N+]1=O. The average Bonchev–Trinajstić information content (AvgIpc) is 2.52. The number of nitroso groups, excluding NO2 is 1. The Bertz CT molecular complexity index is 250. The highest BCUT2D eigenvalue weighted by atomic mass is 16.3. The third-order valence-corrected chi connectivity index (χ3v) is 3.07. The lowest BCUT2D eigenvalue weighted by atomic mass is 9.85. The molecule has 0 aromatic rings. The predicted octanol–water partition coefficient (Wildman–Crippen LogP) is 2.17. The number of hydrogen-bond acceptors (Lipinski definition) is 2. The van der Waals surface area contributed by atoms with Crippen molar-refractivity contribution in [3.63, 3.8) is 0 Å². The summed E-state index contributed by atoms with van der Waals surface area (Å²) in [7, 11) is 0. The molecule has 0 saturated carbocycles.